The van der Waals surface area contributed by atoms with E-state index >= 15 is 0 Å². The van der Waals surface area contributed by atoms with E-state index in [9.17, 15) is 29.8 Å². The summed E-state index contributed by atoms with van der Waals surface area (Å²) in [6.07, 6.45) is 1.37. The number of non-ortho nitro benzene ring substituents is 1. The first-order chi connectivity index (χ1) is 19.3. The molecule has 0 saturated carbocycles. The molecule has 0 radical (unpaired) electrons. The van der Waals surface area contributed by atoms with Gasteiger partial charge in [-0.3, -0.25) is 29.8 Å². The zero-order valence-corrected chi connectivity index (χ0v) is 20.6. The second kappa shape index (κ2) is 10.8. The van der Waals surface area contributed by atoms with E-state index < -0.39 is 27.1 Å². The lowest BCUT2D eigenvalue weighted by Gasteiger charge is -2.14. The number of carbonyl (C=O) groups excluding carboxylic acids is 1. The maximum atomic E-state index is 12.9. The number of ether oxygens (including phenoxy) is 1. The molecule has 4 aromatic carbocycles. The molecule has 1 heterocycles. The largest absolute Gasteiger partial charge is 0.450 e. The Balaban J connectivity index is 1.33. The topological polar surface area (TPSA) is 159 Å². The second-order valence-electron chi connectivity index (χ2n) is 8.58. The number of carbonyl (C=O) groups is 1. The average Bonchev–Trinajstić information content (AvgIpc) is 2.95. The van der Waals surface area contributed by atoms with Crippen molar-refractivity contribution >= 4 is 45.3 Å². The highest BCUT2D eigenvalue weighted by Crippen LogP contribution is 2.34. The Hall–Kier alpha value is -5.91. The van der Waals surface area contributed by atoms with Crippen molar-refractivity contribution in [3.8, 4) is 11.5 Å². The molecule has 0 atom stereocenters. The van der Waals surface area contributed by atoms with Gasteiger partial charge in [0.15, 0.2) is 5.43 Å². The zero-order valence-electron chi connectivity index (χ0n) is 20.6. The van der Waals surface area contributed by atoms with Gasteiger partial charge in [-0.25, -0.2) is 5.43 Å². The van der Waals surface area contributed by atoms with E-state index in [1.807, 2.05) is 0 Å². The van der Waals surface area contributed by atoms with Crippen LogP contribution in [0.2, 0.25) is 0 Å². The van der Waals surface area contributed by atoms with Crippen LogP contribution in [-0.4, -0.2) is 26.5 Å². The van der Waals surface area contributed by atoms with E-state index in [1.54, 1.807) is 71.3 Å². The van der Waals surface area contributed by atoms with Crippen LogP contribution in [0.4, 0.5) is 11.4 Å². The first-order valence-corrected chi connectivity index (χ1v) is 11.8. The van der Waals surface area contributed by atoms with Gasteiger partial charge in [-0.1, -0.05) is 36.4 Å². The number of hydrazone groups is 1. The van der Waals surface area contributed by atoms with Gasteiger partial charge in [-0.15, -0.1) is 0 Å². The predicted octanol–water partition coefficient (Wildman–Crippen LogP) is 4.91. The van der Waals surface area contributed by atoms with Crippen LogP contribution < -0.4 is 15.6 Å². The first kappa shape index (κ1) is 25.7. The van der Waals surface area contributed by atoms with Crippen LogP contribution in [0.5, 0.6) is 11.5 Å². The van der Waals surface area contributed by atoms with Crippen LogP contribution in [0.25, 0.3) is 21.8 Å². The number of rotatable bonds is 8. The third-order valence-corrected chi connectivity index (χ3v) is 6.02. The Morgan fingerprint density at radius 2 is 1.55 bits per heavy atom. The molecule has 5 rings (SSSR count). The van der Waals surface area contributed by atoms with Gasteiger partial charge in [0, 0.05) is 16.8 Å². The quantitative estimate of drug-likeness (QED) is 0.127. The summed E-state index contributed by atoms with van der Waals surface area (Å²) in [5, 5.41) is 27.3. The number of pyridine rings is 1. The highest BCUT2D eigenvalue weighted by atomic mass is 16.6. The van der Waals surface area contributed by atoms with Crippen molar-refractivity contribution in [1.82, 2.24) is 9.99 Å². The van der Waals surface area contributed by atoms with E-state index in [2.05, 4.69) is 10.5 Å². The van der Waals surface area contributed by atoms with E-state index in [4.69, 9.17) is 4.74 Å². The molecule has 0 fully saturated rings. The van der Waals surface area contributed by atoms with Crippen molar-refractivity contribution in [1.29, 1.82) is 0 Å². The van der Waals surface area contributed by atoms with Crippen molar-refractivity contribution < 1.29 is 19.4 Å². The normalized spacial score (nSPS) is 11.1. The van der Waals surface area contributed by atoms with Crippen LogP contribution in [-0.2, 0) is 11.3 Å². The zero-order chi connectivity index (χ0) is 28.2. The van der Waals surface area contributed by atoms with Gasteiger partial charge in [0.05, 0.1) is 33.2 Å². The SMILES string of the molecule is O=C(Cn1c2ccccc2c(=O)c2ccccc21)N/N=C\c1cccc(Oc2ccc([N+](=O)[O-])cc2[N+](=O)[O-])c1. The van der Waals surface area contributed by atoms with Crippen LogP contribution in [0.15, 0.2) is 101 Å². The number of amides is 1. The lowest BCUT2D eigenvalue weighted by atomic mass is 10.1. The van der Waals surface area contributed by atoms with Gasteiger partial charge in [0.25, 0.3) is 11.6 Å². The van der Waals surface area contributed by atoms with Crippen molar-refractivity contribution in [2.24, 2.45) is 5.10 Å². The summed E-state index contributed by atoms with van der Waals surface area (Å²) < 4.78 is 7.35. The van der Waals surface area contributed by atoms with Gasteiger partial charge in [-0.05, 0) is 48.0 Å². The van der Waals surface area contributed by atoms with Crippen molar-refractivity contribution in [2.45, 2.75) is 6.54 Å². The Morgan fingerprint density at radius 3 is 2.20 bits per heavy atom. The molecule has 0 spiro atoms. The molecule has 5 aromatic rings. The summed E-state index contributed by atoms with van der Waals surface area (Å²) in [7, 11) is 0. The number of hydrogen-bond acceptors (Lipinski definition) is 8. The molecule has 0 saturated heterocycles. The fraction of sp³-hybridized carbons (Fsp3) is 0.0357. The number of aromatic nitrogens is 1. The second-order valence-corrected chi connectivity index (χ2v) is 8.58. The van der Waals surface area contributed by atoms with Crippen molar-refractivity contribution in [3.63, 3.8) is 0 Å². The number of hydrogen-bond donors (Lipinski definition) is 1. The minimum absolute atomic E-state index is 0.0917. The lowest BCUT2D eigenvalue weighted by molar-refractivity contribution is -0.394. The van der Waals surface area contributed by atoms with Gasteiger partial charge < -0.3 is 9.30 Å². The number of para-hydroxylation sites is 2. The molecule has 0 bridgehead atoms. The van der Waals surface area contributed by atoms with Gasteiger partial charge >= 0.3 is 5.69 Å². The van der Waals surface area contributed by atoms with Crippen LogP contribution >= 0.6 is 0 Å². The Labute approximate surface area is 225 Å². The number of nitro groups is 2. The summed E-state index contributed by atoms with van der Waals surface area (Å²) in [6, 6.07) is 23.6. The average molecular weight is 537 g/mol. The van der Waals surface area contributed by atoms with Gasteiger partial charge in [0.1, 0.15) is 12.3 Å². The Kier molecular flexibility index (Phi) is 6.97. The molecule has 12 heteroatoms. The molecule has 0 aliphatic rings. The maximum absolute atomic E-state index is 12.9. The summed E-state index contributed by atoms with van der Waals surface area (Å²) in [5.41, 5.74) is 3.13. The Morgan fingerprint density at radius 1 is 0.875 bits per heavy atom. The summed E-state index contributed by atoms with van der Waals surface area (Å²) >= 11 is 0. The molecular weight excluding hydrogens is 518 g/mol. The highest BCUT2D eigenvalue weighted by Gasteiger charge is 2.21. The molecule has 1 N–H and O–H groups in total. The maximum Gasteiger partial charge on any atom is 0.318 e. The lowest BCUT2D eigenvalue weighted by Crippen LogP contribution is -2.25. The van der Waals surface area contributed by atoms with Crippen molar-refractivity contribution in [3.05, 3.63) is 127 Å². The van der Waals surface area contributed by atoms with Crippen LogP contribution in [0.3, 0.4) is 0 Å². The monoisotopic (exact) mass is 537 g/mol. The number of benzene rings is 4. The van der Waals surface area contributed by atoms with Crippen molar-refractivity contribution in [2.75, 3.05) is 0 Å². The highest BCUT2D eigenvalue weighted by molar-refractivity contribution is 5.95. The third-order valence-electron chi connectivity index (χ3n) is 6.02. The van der Waals surface area contributed by atoms with E-state index in [-0.39, 0.29) is 23.5 Å². The van der Waals surface area contributed by atoms with E-state index in [1.165, 1.54) is 12.3 Å². The number of nitrogens with one attached hydrogen (secondary N) is 1. The molecule has 0 aliphatic heterocycles. The minimum atomic E-state index is -0.766. The fourth-order valence-electron chi connectivity index (χ4n) is 4.24. The molecule has 0 aliphatic carbocycles. The molecule has 198 valence electrons. The van der Waals surface area contributed by atoms with E-state index in [0.717, 1.165) is 18.2 Å². The minimum Gasteiger partial charge on any atom is -0.450 e. The predicted molar refractivity (Wildman–Crippen MR) is 148 cm³/mol. The van der Waals surface area contributed by atoms with Crippen LogP contribution in [0.1, 0.15) is 5.56 Å². The molecular formula is C28H19N5O7. The molecule has 0 unspecified atom stereocenters. The molecule has 40 heavy (non-hydrogen) atoms. The van der Waals surface area contributed by atoms with Crippen LogP contribution in [0, 0.1) is 20.2 Å². The standard InChI is InChI=1S/C28H19N5O7/c34-27(17-31-23-10-3-1-8-21(23)28(35)22-9-2-4-11-24(22)31)30-29-16-18-6-5-7-20(14-18)40-26-13-12-19(32(36)37)15-25(26)33(38)39/h1-16H,17H2,(H,30,34)/b29-16-. The summed E-state index contributed by atoms with van der Waals surface area (Å²) in [6.45, 7) is -0.0917. The fourth-order valence-corrected chi connectivity index (χ4v) is 4.24. The number of fused-ring (bicyclic) bond motifs is 2. The molecule has 12 nitrogen and oxygen atoms in total. The smallest absolute Gasteiger partial charge is 0.318 e. The van der Waals surface area contributed by atoms with E-state index in [0.29, 0.717) is 27.4 Å². The number of nitrogens with zero attached hydrogens (tertiary/aromatic N) is 4. The molecule has 1 aromatic heterocycles. The Bertz CT molecular complexity index is 1840. The third kappa shape index (κ3) is 5.22. The molecule has 1 amide bonds. The summed E-state index contributed by atoms with van der Waals surface area (Å²) in [4.78, 5) is 46.5. The van der Waals surface area contributed by atoms with Gasteiger partial charge in [0.2, 0.25) is 5.75 Å². The first-order valence-electron chi connectivity index (χ1n) is 11.8. The summed E-state index contributed by atoms with van der Waals surface area (Å²) in [5.74, 6) is -0.374. The number of nitro benzene ring substituents is 2. The van der Waals surface area contributed by atoms with Gasteiger partial charge in [-0.2, -0.15) is 5.10 Å².